The van der Waals surface area contributed by atoms with E-state index in [9.17, 15) is 18.7 Å². The van der Waals surface area contributed by atoms with Crippen molar-refractivity contribution in [1.82, 2.24) is 4.90 Å². The van der Waals surface area contributed by atoms with Gasteiger partial charge in [0.25, 0.3) is 0 Å². The molecule has 2 aliphatic heterocycles. The van der Waals surface area contributed by atoms with Gasteiger partial charge in [-0.25, -0.2) is 4.79 Å². The molecule has 2 atom stereocenters. The average Bonchev–Trinajstić information content (AvgIpc) is 3.04. The summed E-state index contributed by atoms with van der Waals surface area (Å²) in [6, 6.07) is 12.6. The maximum absolute atomic E-state index is 13.2. The van der Waals surface area contributed by atoms with E-state index < -0.39 is 24.4 Å². The second kappa shape index (κ2) is 7.18. The number of hydrogen-bond donors (Lipinski definition) is 1. The number of halogens is 2. The topological polar surface area (TPSA) is 62.2 Å². The molecular formula is C21H22F2N2O4. The number of fused-ring (bicyclic) bond motifs is 1. The number of amides is 2. The Morgan fingerprint density at radius 1 is 1.17 bits per heavy atom. The van der Waals surface area contributed by atoms with Crippen LogP contribution >= 0.6 is 0 Å². The van der Waals surface area contributed by atoms with E-state index in [0.717, 1.165) is 5.69 Å². The van der Waals surface area contributed by atoms with E-state index in [0.29, 0.717) is 24.4 Å². The second-order valence-electron chi connectivity index (χ2n) is 7.64. The number of rotatable bonds is 4. The molecular weight excluding hydrogens is 382 g/mol. The van der Waals surface area contributed by atoms with Gasteiger partial charge in [-0.1, -0.05) is 18.2 Å². The highest BCUT2D eigenvalue weighted by Gasteiger charge is 2.49. The predicted octanol–water partition coefficient (Wildman–Crippen LogP) is 3.80. The van der Waals surface area contributed by atoms with Gasteiger partial charge in [-0.05, 0) is 44.2 Å². The van der Waals surface area contributed by atoms with E-state index in [-0.39, 0.29) is 11.8 Å². The summed E-state index contributed by atoms with van der Waals surface area (Å²) in [7, 11) is 0. The van der Waals surface area contributed by atoms with Gasteiger partial charge in [0, 0.05) is 24.3 Å². The van der Waals surface area contributed by atoms with Crippen LogP contribution in [0.1, 0.15) is 25.5 Å². The zero-order valence-corrected chi connectivity index (χ0v) is 16.1. The van der Waals surface area contributed by atoms with Gasteiger partial charge in [-0.15, -0.1) is 0 Å². The normalized spacial score (nSPS) is 23.2. The predicted molar refractivity (Wildman–Crippen MR) is 102 cm³/mol. The molecule has 154 valence electrons. The van der Waals surface area contributed by atoms with Gasteiger partial charge in [0.1, 0.15) is 23.2 Å². The minimum Gasteiger partial charge on any atom is -0.485 e. The third kappa shape index (κ3) is 3.48. The number of hydrogen-bond acceptors (Lipinski definition) is 4. The van der Waals surface area contributed by atoms with Crippen LogP contribution < -0.4 is 14.4 Å². The van der Waals surface area contributed by atoms with Crippen LogP contribution in [0.15, 0.2) is 48.5 Å². The lowest BCUT2D eigenvalue weighted by Gasteiger charge is -2.45. The lowest BCUT2D eigenvalue weighted by atomic mass is 9.85. The van der Waals surface area contributed by atoms with Crippen molar-refractivity contribution in [3.05, 3.63) is 54.1 Å². The molecule has 2 heterocycles. The Balaban J connectivity index is 1.71. The monoisotopic (exact) mass is 404 g/mol. The standard InChI is InChI=1S/C21H22F2N2O4/c1-21(2)18(26)17(15-12-14(28-19(22)23)8-9-16(15)29-21)25-11-10-24(20(25)27)13-6-4-3-5-7-13/h3-9,12,17-19,26H,10-11H2,1-2H3/t17-,18+/m1/s1. The van der Waals surface area contributed by atoms with Crippen LogP contribution in [0.2, 0.25) is 0 Å². The summed E-state index contributed by atoms with van der Waals surface area (Å²) >= 11 is 0. The van der Waals surface area contributed by atoms with Gasteiger partial charge in [0.05, 0.1) is 6.04 Å². The molecule has 2 aromatic carbocycles. The van der Waals surface area contributed by atoms with Crippen molar-refractivity contribution in [2.24, 2.45) is 0 Å². The number of urea groups is 1. The van der Waals surface area contributed by atoms with Crippen LogP contribution in [0.3, 0.4) is 0 Å². The van der Waals surface area contributed by atoms with Crippen molar-refractivity contribution in [2.75, 3.05) is 18.0 Å². The van der Waals surface area contributed by atoms with Gasteiger partial charge >= 0.3 is 12.6 Å². The Bertz CT molecular complexity index is 907. The number of aliphatic hydroxyl groups excluding tert-OH is 1. The maximum Gasteiger partial charge on any atom is 0.387 e. The SMILES string of the molecule is CC1(C)Oc2ccc(OC(F)F)cc2[C@@H](N2CCN(c3ccccc3)C2=O)[C@@H]1O. The van der Waals surface area contributed by atoms with Gasteiger partial charge in [0.2, 0.25) is 0 Å². The zero-order valence-electron chi connectivity index (χ0n) is 16.1. The molecule has 0 saturated carbocycles. The largest absolute Gasteiger partial charge is 0.485 e. The fourth-order valence-corrected chi connectivity index (χ4v) is 3.92. The van der Waals surface area contributed by atoms with Crippen LogP contribution in [0.4, 0.5) is 19.3 Å². The summed E-state index contributed by atoms with van der Waals surface area (Å²) in [5.74, 6) is 0.378. The number of alkyl halides is 2. The molecule has 1 N–H and O–H groups in total. The lowest BCUT2D eigenvalue weighted by molar-refractivity contribution is -0.0829. The quantitative estimate of drug-likeness (QED) is 0.842. The molecule has 4 rings (SSSR count). The molecule has 0 radical (unpaired) electrons. The third-order valence-electron chi connectivity index (χ3n) is 5.35. The van der Waals surface area contributed by atoms with E-state index in [1.807, 2.05) is 30.3 Å². The first kappa shape index (κ1) is 19.4. The molecule has 2 aliphatic rings. The second-order valence-corrected chi connectivity index (χ2v) is 7.64. The Morgan fingerprint density at radius 2 is 1.90 bits per heavy atom. The smallest absolute Gasteiger partial charge is 0.387 e. The molecule has 0 bridgehead atoms. The summed E-state index contributed by atoms with van der Waals surface area (Å²) in [4.78, 5) is 16.4. The van der Waals surface area contributed by atoms with Crippen LogP contribution in [0.5, 0.6) is 11.5 Å². The number of anilines is 1. The number of aliphatic hydroxyl groups is 1. The number of carbonyl (C=O) groups is 1. The first-order valence-electron chi connectivity index (χ1n) is 9.37. The highest BCUT2D eigenvalue weighted by atomic mass is 19.3. The summed E-state index contributed by atoms with van der Waals surface area (Å²) in [5, 5.41) is 11.0. The molecule has 0 unspecified atom stereocenters. The minimum absolute atomic E-state index is 0.0502. The average molecular weight is 404 g/mol. The molecule has 6 nitrogen and oxygen atoms in total. The Hall–Kier alpha value is -2.87. The molecule has 8 heteroatoms. The zero-order chi connectivity index (χ0) is 20.8. The summed E-state index contributed by atoms with van der Waals surface area (Å²) in [6.07, 6.45) is -1.06. The van der Waals surface area contributed by atoms with Crippen LogP contribution in [0, 0.1) is 0 Å². The molecule has 0 spiro atoms. The van der Waals surface area contributed by atoms with E-state index in [1.165, 1.54) is 18.2 Å². The number of nitrogens with zero attached hydrogens (tertiary/aromatic N) is 2. The van der Waals surface area contributed by atoms with Crippen molar-refractivity contribution in [2.45, 2.75) is 38.2 Å². The Morgan fingerprint density at radius 3 is 2.59 bits per heavy atom. The highest BCUT2D eigenvalue weighted by Crippen LogP contribution is 2.45. The van der Waals surface area contributed by atoms with Crippen molar-refractivity contribution in [1.29, 1.82) is 0 Å². The summed E-state index contributed by atoms with van der Waals surface area (Å²) < 4.78 is 35.7. The van der Waals surface area contributed by atoms with Crippen LogP contribution in [-0.2, 0) is 0 Å². The number of benzene rings is 2. The fraction of sp³-hybridized carbons (Fsp3) is 0.381. The van der Waals surface area contributed by atoms with Crippen molar-refractivity contribution >= 4 is 11.7 Å². The third-order valence-corrected chi connectivity index (χ3v) is 5.35. The van der Waals surface area contributed by atoms with Gasteiger partial charge in [0.15, 0.2) is 0 Å². The summed E-state index contributed by atoms with van der Waals surface area (Å²) in [5.41, 5.74) is 0.234. The van der Waals surface area contributed by atoms with Gasteiger partial charge in [-0.2, -0.15) is 8.78 Å². The minimum atomic E-state index is -2.97. The maximum atomic E-state index is 13.2. The molecule has 1 fully saturated rings. The number of ether oxygens (including phenoxy) is 2. The molecule has 29 heavy (non-hydrogen) atoms. The van der Waals surface area contributed by atoms with E-state index >= 15 is 0 Å². The Labute approximate surface area is 167 Å². The summed E-state index contributed by atoms with van der Waals surface area (Å²) in [6.45, 7) is 1.32. The number of para-hydroxylation sites is 1. The lowest BCUT2D eigenvalue weighted by Crippen LogP contribution is -2.54. The van der Waals surface area contributed by atoms with Crippen molar-refractivity contribution in [3.8, 4) is 11.5 Å². The van der Waals surface area contributed by atoms with Gasteiger partial charge in [-0.3, -0.25) is 4.90 Å². The Kier molecular flexibility index (Phi) is 4.82. The van der Waals surface area contributed by atoms with Crippen LogP contribution in [0.25, 0.3) is 0 Å². The first-order chi connectivity index (χ1) is 13.8. The van der Waals surface area contributed by atoms with Crippen LogP contribution in [-0.4, -0.2) is 47.4 Å². The molecule has 0 aliphatic carbocycles. The molecule has 2 amide bonds. The first-order valence-corrected chi connectivity index (χ1v) is 9.37. The van der Waals surface area contributed by atoms with Crippen molar-refractivity contribution < 1.29 is 28.2 Å². The number of carbonyl (C=O) groups excluding carboxylic acids is 1. The molecule has 0 aromatic heterocycles. The molecule has 1 saturated heterocycles. The van der Waals surface area contributed by atoms with Gasteiger partial charge < -0.3 is 19.5 Å². The van der Waals surface area contributed by atoms with E-state index in [4.69, 9.17) is 4.74 Å². The fourth-order valence-electron chi connectivity index (χ4n) is 3.92. The van der Waals surface area contributed by atoms with E-state index in [2.05, 4.69) is 4.74 Å². The van der Waals surface area contributed by atoms with Crippen molar-refractivity contribution in [3.63, 3.8) is 0 Å². The van der Waals surface area contributed by atoms with E-state index in [1.54, 1.807) is 23.6 Å². The highest BCUT2D eigenvalue weighted by molar-refractivity contribution is 5.94. The molecule has 2 aromatic rings.